The zero-order valence-electron chi connectivity index (χ0n) is 18.5. The predicted molar refractivity (Wildman–Crippen MR) is 128 cm³/mol. The molecule has 0 saturated heterocycles. The molecule has 3 rings (SSSR count). The summed E-state index contributed by atoms with van der Waals surface area (Å²) in [7, 11) is 0.434. The highest BCUT2D eigenvalue weighted by Gasteiger charge is 2.21. The van der Waals surface area contributed by atoms with E-state index < -0.39 is 20.6 Å². The maximum Gasteiger partial charge on any atom is 0.295 e. The lowest BCUT2D eigenvalue weighted by atomic mass is 10.2. The van der Waals surface area contributed by atoms with Gasteiger partial charge in [-0.1, -0.05) is 0 Å². The van der Waals surface area contributed by atoms with E-state index in [1.807, 2.05) is 0 Å². The molecule has 0 saturated carbocycles. The van der Waals surface area contributed by atoms with E-state index in [4.69, 9.17) is 14.2 Å². The highest BCUT2D eigenvalue weighted by atomic mass is 32.2. The van der Waals surface area contributed by atoms with Crippen LogP contribution in [0.1, 0.15) is 5.56 Å². The SMILES string of the molecule is COc1ccc(NS(=O)(=O)c2ccc(NN=Cc3ccc(OC)cc3OC)c([N+](=O)[O-])c2)cc1. The average Bonchev–Trinajstić information content (AvgIpc) is 2.84. The van der Waals surface area contributed by atoms with E-state index in [-0.39, 0.29) is 16.3 Å². The second-order valence-corrected chi connectivity index (χ2v) is 8.43. The fraction of sp³-hybridized carbons (Fsp3) is 0.136. The standard InChI is InChI=1S/C22H22N4O7S/c1-31-17-8-5-16(6-9-17)25-34(29,30)19-10-11-20(21(13-19)26(27)28)24-23-14-15-4-7-18(32-2)12-22(15)33-3/h4-14,24-25H,1-3H3. The van der Waals surface area contributed by atoms with Gasteiger partial charge in [-0.2, -0.15) is 5.10 Å². The molecule has 0 amide bonds. The van der Waals surface area contributed by atoms with E-state index in [1.165, 1.54) is 51.8 Å². The topological polar surface area (TPSA) is 141 Å². The van der Waals surface area contributed by atoms with Gasteiger partial charge in [0.1, 0.15) is 22.9 Å². The average molecular weight is 487 g/mol. The number of nitro benzene ring substituents is 1. The molecule has 0 unspecified atom stereocenters. The number of rotatable bonds is 10. The van der Waals surface area contributed by atoms with Gasteiger partial charge in [0.2, 0.25) is 0 Å². The third-order valence-corrected chi connectivity index (χ3v) is 6.03. The summed E-state index contributed by atoms with van der Waals surface area (Å²) in [6.45, 7) is 0. The van der Waals surface area contributed by atoms with E-state index in [2.05, 4.69) is 15.2 Å². The molecule has 0 fully saturated rings. The number of methoxy groups -OCH3 is 3. The van der Waals surface area contributed by atoms with Gasteiger partial charge in [0.25, 0.3) is 15.7 Å². The quantitative estimate of drug-likeness (QED) is 0.250. The van der Waals surface area contributed by atoms with Gasteiger partial charge in [0, 0.05) is 23.4 Å². The minimum Gasteiger partial charge on any atom is -0.497 e. The fourth-order valence-electron chi connectivity index (χ4n) is 2.89. The first-order valence-electron chi connectivity index (χ1n) is 9.74. The van der Waals surface area contributed by atoms with Gasteiger partial charge in [0.05, 0.1) is 37.4 Å². The number of anilines is 2. The first kappa shape index (κ1) is 24.3. The number of ether oxygens (including phenoxy) is 3. The van der Waals surface area contributed by atoms with Gasteiger partial charge >= 0.3 is 0 Å². The number of nitro groups is 1. The van der Waals surface area contributed by atoms with E-state index in [1.54, 1.807) is 30.3 Å². The molecule has 34 heavy (non-hydrogen) atoms. The number of nitrogens with one attached hydrogen (secondary N) is 2. The first-order valence-corrected chi connectivity index (χ1v) is 11.2. The Morgan fingerprint density at radius 3 is 2.21 bits per heavy atom. The summed E-state index contributed by atoms with van der Waals surface area (Å²) in [4.78, 5) is 10.6. The summed E-state index contributed by atoms with van der Waals surface area (Å²) in [5.41, 5.74) is 3.01. The van der Waals surface area contributed by atoms with Gasteiger partial charge in [0.15, 0.2) is 0 Å². The molecular formula is C22H22N4O7S. The van der Waals surface area contributed by atoms with E-state index in [0.29, 0.717) is 22.8 Å². The van der Waals surface area contributed by atoms with Crippen LogP contribution in [0.5, 0.6) is 17.2 Å². The van der Waals surface area contributed by atoms with Crippen LogP contribution in [0.25, 0.3) is 0 Å². The molecule has 0 aliphatic heterocycles. The fourth-order valence-corrected chi connectivity index (χ4v) is 3.97. The Balaban J connectivity index is 1.82. The van der Waals surface area contributed by atoms with Gasteiger partial charge in [-0.3, -0.25) is 20.3 Å². The highest BCUT2D eigenvalue weighted by Crippen LogP contribution is 2.29. The molecule has 0 spiro atoms. The molecule has 178 valence electrons. The Hall–Kier alpha value is -4.32. The van der Waals surface area contributed by atoms with Crippen LogP contribution in [0.15, 0.2) is 70.7 Å². The third-order valence-electron chi connectivity index (χ3n) is 4.65. The number of sulfonamides is 1. The minimum atomic E-state index is -4.07. The summed E-state index contributed by atoms with van der Waals surface area (Å²) < 4.78 is 43.3. The zero-order chi connectivity index (χ0) is 24.7. The number of hydrogen-bond donors (Lipinski definition) is 2. The molecule has 11 nitrogen and oxygen atoms in total. The van der Waals surface area contributed by atoms with Crippen molar-refractivity contribution in [1.82, 2.24) is 0 Å². The van der Waals surface area contributed by atoms with E-state index in [0.717, 1.165) is 6.07 Å². The van der Waals surface area contributed by atoms with Gasteiger partial charge < -0.3 is 14.2 Å². The molecule has 0 atom stereocenters. The van der Waals surface area contributed by atoms with Crippen LogP contribution in [0.3, 0.4) is 0 Å². The van der Waals surface area contributed by atoms with Crippen molar-refractivity contribution >= 4 is 33.3 Å². The second kappa shape index (κ2) is 10.5. The molecule has 0 aliphatic rings. The monoisotopic (exact) mass is 486 g/mol. The van der Waals surface area contributed by atoms with Crippen LogP contribution in [0.4, 0.5) is 17.1 Å². The lowest BCUT2D eigenvalue weighted by molar-refractivity contribution is -0.384. The normalized spacial score (nSPS) is 11.1. The molecule has 0 bridgehead atoms. The van der Waals surface area contributed by atoms with Crippen molar-refractivity contribution in [3.05, 3.63) is 76.3 Å². The zero-order valence-corrected chi connectivity index (χ0v) is 19.3. The van der Waals surface area contributed by atoms with Crippen molar-refractivity contribution in [2.24, 2.45) is 5.10 Å². The van der Waals surface area contributed by atoms with Crippen LogP contribution in [-0.4, -0.2) is 40.9 Å². The van der Waals surface area contributed by atoms with Gasteiger partial charge in [-0.05, 0) is 48.5 Å². The Bertz CT molecular complexity index is 1310. The predicted octanol–water partition coefficient (Wildman–Crippen LogP) is 3.87. The van der Waals surface area contributed by atoms with Crippen molar-refractivity contribution in [3.63, 3.8) is 0 Å². The number of benzene rings is 3. The lowest BCUT2D eigenvalue weighted by Crippen LogP contribution is -2.13. The maximum atomic E-state index is 12.7. The van der Waals surface area contributed by atoms with Crippen LogP contribution in [0.2, 0.25) is 0 Å². The van der Waals surface area contributed by atoms with Gasteiger partial charge in [-0.15, -0.1) is 0 Å². The van der Waals surface area contributed by atoms with Crippen molar-refractivity contribution in [2.45, 2.75) is 4.90 Å². The summed E-state index contributed by atoms with van der Waals surface area (Å²) in [6.07, 6.45) is 1.41. The van der Waals surface area contributed by atoms with Crippen LogP contribution >= 0.6 is 0 Å². The third kappa shape index (κ3) is 5.72. The molecule has 0 heterocycles. The number of hydrogen-bond acceptors (Lipinski definition) is 9. The minimum absolute atomic E-state index is 0.0112. The Kier molecular flexibility index (Phi) is 7.53. The summed E-state index contributed by atoms with van der Waals surface area (Å²) in [5.74, 6) is 1.64. The number of hydrazone groups is 1. The van der Waals surface area contributed by atoms with Crippen molar-refractivity contribution in [3.8, 4) is 17.2 Å². The summed E-state index contributed by atoms with van der Waals surface area (Å²) in [6, 6.07) is 14.8. The largest absolute Gasteiger partial charge is 0.497 e. The summed E-state index contributed by atoms with van der Waals surface area (Å²) in [5, 5.41) is 15.6. The molecule has 3 aromatic rings. The van der Waals surface area contributed by atoms with Crippen molar-refractivity contribution < 1.29 is 27.6 Å². The van der Waals surface area contributed by atoms with Crippen molar-refractivity contribution in [2.75, 3.05) is 31.5 Å². The molecule has 2 N–H and O–H groups in total. The highest BCUT2D eigenvalue weighted by molar-refractivity contribution is 7.92. The Morgan fingerprint density at radius 2 is 1.59 bits per heavy atom. The van der Waals surface area contributed by atoms with Crippen LogP contribution in [-0.2, 0) is 10.0 Å². The molecule has 0 aromatic heterocycles. The van der Waals surface area contributed by atoms with E-state index >= 15 is 0 Å². The molecule has 0 radical (unpaired) electrons. The second-order valence-electron chi connectivity index (χ2n) is 6.75. The number of nitrogens with zero attached hydrogens (tertiary/aromatic N) is 2. The van der Waals surface area contributed by atoms with Gasteiger partial charge in [-0.25, -0.2) is 8.42 Å². The van der Waals surface area contributed by atoms with Crippen molar-refractivity contribution in [1.29, 1.82) is 0 Å². The Labute approximate surface area is 196 Å². The molecule has 0 aliphatic carbocycles. The van der Waals surface area contributed by atoms with Crippen LogP contribution < -0.4 is 24.4 Å². The van der Waals surface area contributed by atoms with E-state index in [9.17, 15) is 18.5 Å². The molecule has 12 heteroatoms. The maximum absolute atomic E-state index is 12.7. The summed E-state index contributed by atoms with van der Waals surface area (Å²) >= 11 is 0. The molecular weight excluding hydrogens is 464 g/mol. The lowest BCUT2D eigenvalue weighted by Gasteiger charge is -2.10. The van der Waals surface area contributed by atoms with Crippen LogP contribution in [0, 0.1) is 10.1 Å². The Morgan fingerprint density at radius 1 is 0.912 bits per heavy atom. The molecule has 3 aromatic carbocycles. The first-order chi connectivity index (χ1) is 16.3. The smallest absolute Gasteiger partial charge is 0.295 e.